The predicted octanol–water partition coefficient (Wildman–Crippen LogP) is 6.43. The van der Waals surface area contributed by atoms with Gasteiger partial charge in [-0.05, 0) is 70.4 Å². The normalized spacial score (nSPS) is 13.0. The van der Waals surface area contributed by atoms with Crippen LogP contribution in [0.3, 0.4) is 0 Å². The van der Waals surface area contributed by atoms with Gasteiger partial charge < -0.3 is 10.2 Å². The van der Waals surface area contributed by atoms with E-state index in [1.165, 1.54) is 11.1 Å². The van der Waals surface area contributed by atoms with Gasteiger partial charge in [-0.25, -0.2) is 0 Å². The highest BCUT2D eigenvalue weighted by atomic mass is 16.3. The largest absolute Gasteiger partial charge is 0.507 e. The predicted molar refractivity (Wildman–Crippen MR) is 115 cm³/mol. The second-order valence-electron chi connectivity index (χ2n) is 8.19. The Kier molecular flexibility index (Phi) is 6.62. The van der Waals surface area contributed by atoms with Gasteiger partial charge in [0.15, 0.2) is 0 Å². The van der Waals surface area contributed by atoms with E-state index < -0.39 is 0 Å². The zero-order chi connectivity index (χ0) is 20.4. The molecule has 2 aromatic rings. The summed E-state index contributed by atoms with van der Waals surface area (Å²) in [5, 5.41) is 20.9. The Labute approximate surface area is 165 Å². The minimum atomic E-state index is -0.0888. The molecule has 0 radical (unpaired) electrons. The molecule has 0 aliphatic heterocycles. The molecule has 0 heterocycles. The summed E-state index contributed by atoms with van der Waals surface area (Å²) in [7, 11) is 0. The van der Waals surface area contributed by atoms with Gasteiger partial charge in [-0.15, -0.1) is 0 Å². The molecule has 0 bridgehead atoms. The van der Waals surface area contributed by atoms with E-state index in [4.69, 9.17) is 0 Å². The molecule has 0 fully saturated rings. The van der Waals surface area contributed by atoms with Crippen LogP contribution in [-0.4, -0.2) is 10.2 Å². The van der Waals surface area contributed by atoms with Gasteiger partial charge in [0.25, 0.3) is 0 Å². The van der Waals surface area contributed by atoms with E-state index in [9.17, 15) is 10.2 Å². The van der Waals surface area contributed by atoms with E-state index in [0.29, 0.717) is 11.5 Å². The van der Waals surface area contributed by atoms with Crippen molar-refractivity contribution in [2.75, 3.05) is 0 Å². The Morgan fingerprint density at radius 1 is 0.704 bits per heavy atom. The van der Waals surface area contributed by atoms with Gasteiger partial charge in [0.1, 0.15) is 11.5 Å². The van der Waals surface area contributed by atoms with Crippen LogP contribution < -0.4 is 0 Å². The lowest BCUT2D eigenvalue weighted by molar-refractivity contribution is 0.427. The topological polar surface area (TPSA) is 40.5 Å². The fourth-order valence-electron chi connectivity index (χ4n) is 3.91. The van der Waals surface area contributed by atoms with Crippen molar-refractivity contribution in [3.8, 4) is 11.5 Å². The molecule has 0 spiro atoms. The maximum atomic E-state index is 10.5. The highest BCUT2D eigenvalue weighted by Gasteiger charge is 2.31. The van der Waals surface area contributed by atoms with E-state index in [0.717, 1.165) is 47.9 Å². The molecule has 2 N–H and O–H groups in total. The monoisotopic (exact) mass is 368 g/mol. The summed E-state index contributed by atoms with van der Waals surface area (Å²) in [5.41, 5.74) is 6.57. The third-order valence-corrected chi connectivity index (χ3v) is 6.41. The van der Waals surface area contributed by atoms with Crippen molar-refractivity contribution in [1.29, 1.82) is 0 Å². The van der Waals surface area contributed by atoms with E-state index in [2.05, 4.69) is 72.7 Å². The van der Waals surface area contributed by atoms with Gasteiger partial charge in [0.05, 0.1) is 0 Å². The van der Waals surface area contributed by atoms with Crippen LogP contribution in [0.2, 0.25) is 0 Å². The first-order chi connectivity index (χ1) is 12.7. The number of phenols is 2. The van der Waals surface area contributed by atoms with Crippen molar-refractivity contribution in [2.45, 2.75) is 85.5 Å². The first-order valence-corrected chi connectivity index (χ1v) is 10.4. The fraction of sp³-hybridized carbons (Fsp3) is 0.520. The number of hydrogen-bond donors (Lipinski definition) is 2. The summed E-state index contributed by atoms with van der Waals surface area (Å²) < 4.78 is 0. The standard InChI is InChI=1S/C25H36O2/c1-8-17-12-21(13-18(9-2)23(17)26)16(5)25(6,7)22-14-19(10-3)24(27)20(11-4)15-22/h12-16,26-27H,8-11H2,1-7H3. The summed E-state index contributed by atoms with van der Waals surface area (Å²) in [4.78, 5) is 0. The van der Waals surface area contributed by atoms with E-state index in [1.807, 2.05) is 0 Å². The fourth-order valence-corrected chi connectivity index (χ4v) is 3.91. The summed E-state index contributed by atoms with van der Waals surface area (Å²) in [6.45, 7) is 15.2. The Morgan fingerprint density at radius 3 is 1.37 bits per heavy atom. The van der Waals surface area contributed by atoms with Gasteiger partial charge >= 0.3 is 0 Å². The minimum absolute atomic E-state index is 0.0888. The first-order valence-electron chi connectivity index (χ1n) is 10.4. The van der Waals surface area contributed by atoms with Crippen LogP contribution in [0, 0.1) is 0 Å². The molecule has 27 heavy (non-hydrogen) atoms. The molecule has 2 aromatic carbocycles. The number of benzene rings is 2. The molecule has 0 amide bonds. The molecule has 148 valence electrons. The van der Waals surface area contributed by atoms with E-state index >= 15 is 0 Å². The smallest absolute Gasteiger partial charge is 0.121 e. The quantitative estimate of drug-likeness (QED) is 0.591. The van der Waals surface area contributed by atoms with Gasteiger partial charge in [-0.3, -0.25) is 0 Å². The van der Waals surface area contributed by atoms with Gasteiger partial charge in [-0.2, -0.15) is 0 Å². The van der Waals surface area contributed by atoms with Crippen molar-refractivity contribution in [3.63, 3.8) is 0 Å². The number of rotatable bonds is 7. The van der Waals surface area contributed by atoms with E-state index in [-0.39, 0.29) is 11.3 Å². The van der Waals surface area contributed by atoms with Gasteiger partial charge in [0.2, 0.25) is 0 Å². The van der Waals surface area contributed by atoms with Crippen LogP contribution in [0.15, 0.2) is 24.3 Å². The zero-order valence-corrected chi connectivity index (χ0v) is 18.1. The highest BCUT2D eigenvalue weighted by Crippen LogP contribution is 2.42. The summed E-state index contributed by atoms with van der Waals surface area (Å²) in [5.74, 6) is 1.20. The number of aromatic hydroxyl groups is 2. The second-order valence-corrected chi connectivity index (χ2v) is 8.19. The first kappa shape index (κ1) is 21.3. The Hall–Kier alpha value is -1.96. The lowest BCUT2D eigenvalue weighted by Crippen LogP contribution is -2.25. The van der Waals surface area contributed by atoms with Crippen LogP contribution in [0.4, 0.5) is 0 Å². The molecule has 0 saturated carbocycles. The van der Waals surface area contributed by atoms with Crippen molar-refractivity contribution in [2.24, 2.45) is 0 Å². The molecule has 1 unspecified atom stereocenters. The highest BCUT2D eigenvalue weighted by molar-refractivity contribution is 5.49. The summed E-state index contributed by atoms with van der Waals surface area (Å²) >= 11 is 0. The Morgan fingerprint density at radius 2 is 1.04 bits per heavy atom. The van der Waals surface area contributed by atoms with E-state index in [1.54, 1.807) is 0 Å². The summed E-state index contributed by atoms with van der Waals surface area (Å²) in [6, 6.07) is 8.69. The minimum Gasteiger partial charge on any atom is -0.507 e. The van der Waals surface area contributed by atoms with Crippen molar-refractivity contribution >= 4 is 0 Å². The Bertz CT molecular complexity index is 752. The molecule has 1 atom stereocenters. The molecule has 0 aliphatic carbocycles. The number of hydrogen-bond acceptors (Lipinski definition) is 2. The van der Waals surface area contributed by atoms with Crippen LogP contribution in [0.1, 0.15) is 87.8 Å². The third kappa shape index (κ3) is 4.00. The molecule has 2 rings (SSSR count). The number of aryl methyl sites for hydroxylation is 4. The average Bonchev–Trinajstić information content (AvgIpc) is 2.67. The maximum absolute atomic E-state index is 10.5. The summed E-state index contributed by atoms with van der Waals surface area (Å²) in [6.07, 6.45) is 3.32. The lowest BCUT2D eigenvalue weighted by Gasteiger charge is -2.34. The third-order valence-electron chi connectivity index (χ3n) is 6.41. The number of phenolic OH excluding ortho intramolecular Hbond substituents is 2. The van der Waals surface area contributed by atoms with Crippen molar-refractivity contribution in [3.05, 3.63) is 57.6 Å². The van der Waals surface area contributed by atoms with Crippen molar-refractivity contribution in [1.82, 2.24) is 0 Å². The zero-order valence-electron chi connectivity index (χ0n) is 18.1. The van der Waals surface area contributed by atoms with Crippen LogP contribution in [0.5, 0.6) is 11.5 Å². The molecule has 0 aliphatic rings. The maximum Gasteiger partial charge on any atom is 0.121 e. The molecule has 2 nitrogen and oxygen atoms in total. The molecule has 0 aromatic heterocycles. The SMILES string of the molecule is CCc1cc(C(C)C(C)(C)c2cc(CC)c(O)c(CC)c2)cc(CC)c1O. The average molecular weight is 369 g/mol. The van der Waals surface area contributed by atoms with Crippen molar-refractivity contribution < 1.29 is 10.2 Å². The lowest BCUT2D eigenvalue weighted by atomic mass is 9.70. The van der Waals surface area contributed by atoms with Crippen LogP contribution in [-0.2, 0) is 31.1 Å². The van der Waals surface area contributed by atoms with Crippen LogP contribution >= 0.6 is 0 Å². The Balaban J connectivity index is 2.56. The van der Waals surface area contributed by atoms with Gasteiger partial charge in [0, 0.05) is 0 Å². The molecular formula is C25H36O2. The second kappa shape index (κ2) is 8.37. The molecule has 2 heteroatoms. The molecular weight excluding hydrogens is 332 g/mol. The molecule has 0 saturated heterocycles. The van der Waals surface area contributed by atoms with Crippen LogP contribution in [0.25, 0.3) is 0 Å². The van der Waals surface area contributed by atoms with Gasteiger partial charge in [-0.1, -0.05) is 72.7 Å².